The number of aromatic nitrogens is 2. The maximum absolute atomic E-state index is 14.7. The molecule has 2 atom stereocenters. The number of aryl methyl sites for hydroxylation is 1. The lowest BCUT2D eigenvalue weighted by Crippen LogP contribution is -2.55. The Balaban J connectivity index is 1.33. The Morgan fingerprint density at radius 2 is 2.15 bits per heavy atom. The first-order valence-corrected chi connectivity index (χ1v) is 12.9. The first-order valence-electron chi connectivity index (χ1n) is 11.7. The second-order valence-electron chi connectivity index (χ2n) is 9.76. The van der Waals surface area contributed by atoms with Crippen molar-refractivity contribution < 1.29 is 4.39 Å². The molecule has 0 unspecified atom stereocenters. The van der Waals surface area contributed by atoms with E-state index in [-0.39, 0.29) is 17.4 Å². The molecule has 2 aromatic rings. The van der Waals surface area contributed by atoms with Crippen molar-refractivity contribution in [1.29, 1.82) is 0 Å². The molecule has 0 saturated carbocycles. The van der Waals surface area contributed by atoms with Crippen molar-refractivity contribution in [3.05, 3.63) is 35.8 Å². The molecule has 2 saturated heterocycles. The number of thioether (sulfide) groups is 1. The number of hydrogen-bond donors (Lipinski definition) is 4. The van der Waals surface area contributed by atoms with Crippen molar-refractivity contribution >= 4 is 40.1 Å². The van der Waals surface area contributed by atoms with Gasteiger partial charge in [-0.05, 0) is 77.0 Å². The molecule has 4 heterocycles. The molecule has 3 aliphatic heterocycles. The first-order chi connectivity index (χ1) is 16.3. The van der Waals surface area contributed by atoms with Crippen molar-refractivity contribution in [1.82, 2.24) is 25.9 Å². The van der Waals surface area contributed by atoms with Crippen LogP contribution in [0.4, 0.5) is 27.5 Å². The van der Waals surface area contributed by atoms with Crippen LogP contribution in [0, 0.1) is 12.7 Å². The summed E-state index contributed by atoms with van der Waals surface area (Å²) >= 11 is 1.53. The van der Waals surface area contributed by atoms with Gasteiger partial charge in [0, 0.05) is 23.3 Å². The number of fused-ring (bicyclic) bond motifs is 1. The zero-order valence-corrected chi connectivity index (χ0v) is 20.8. The number of nitrogens with zero attached hydrogens (tertiary/aromatic N) is 5. The summed E-state index contributed by atoms with van der Waals surface area (Å²) in [6, 6.07) is 6.68. The minimum absolute atomic E-state index is 0.0946. The third kappa shape index (κ3) is 4.51. The van der Waals surface area contributed by atoms with Gasteiger partial charge in [0.15, 0.2) is 11.6 Å². The van der Waals surface area contributed by atoms with E-state index < -0.39 is 5.82 Å². The number of halogens is 1. The maximum atomic E-state index is 14.7. The van der Waals surface area contributed by atoms with E-state index >= 15 is 0 Å². The van der Waals surface area contributed by atoms with E-state index in [0.29, 0.717) is 12.0 Å². The van der Waals surface area contributed by atoms with Gasteiger partial charge in [-0.25, -0.2) is 19.9 Å². The smallest absolute Gasteiger partial charge is 0.229 e. The molecule has 0 aliphatic carbocycles. The molecule has 0 bridgehead atoms. The maximum Gasteiger partial charge on any atom is 0.229 e. The van der Waals surface area contributed by atoms with Gasteiger partial charge in [-0.15, -0.1) is 10.6 Å². The largest absolute Gasteiger partial charge is 0.365 e. The summed E-state index contributed by atoms with van der Waals surface area (Å²) in [7, 11) is 0. The number of anilines is 4. The highest BCUT2D eigenvalue weighted by atomic mass is 32.2. The Kier molecular flexibility index (Phi) is 6.26. The average molecular weight is 486 g/mol. The van der Waals surface area contributed by atoms with Gasteiger partial charge in [-0.1, -0.05) is 17.8 Å². The van der Waals surface area contributed by atoms with E-state index in [1.54, 1.807) is 0 Å². The Morgan fingerprint density at radius 1 is 1.29 bits per heavy atom. The molecule has 0 radical (unpaired) electrons. The van der Waals surface area contributed by atoms with Gasteiger partial charge in [0.05, 0.1) is 11.9 Å². The molecule has 11 heteroatoms. The highest BCUT2D eigenvalue weighted by Crippen LogP contribution is 2.38. The predicted molar refractivity (Wildman–Crippen MR) is 137 cm³/mol. The summed E-state index contributed by atoms with van der Waals surface area (Å²) in [5, 5.41) is 13.5. The molecular formula is C23H32FN9S. The average Bonchev–Trinajstić information content (AvgIpc) is 3.47. The van der Waals surface area contributed by atoms with Gasteiger partial charge in [0.25, 0.3) is 0 Å². The fraction of sp³-hybridized carbons (Fsp3) is 0.522. The lowest BCUT2D eigenvalue weighted by Gasteiger charge is -2.47. The van der Waals surface area contributed by atoms with Crippen molar-refractivity contribution in [3.63, 3.8) is 0 Å². The molecule has 182 valence electrons. The van der Waals surface area contributed by atoms with Crippen LogP contribution in [-0.4, -0.2) is 50.5 Å². The summed E-state index contributed by atoms with van der Waals surface area (Å²) in [6.45, 7) is 7.77. The number of amidine groups is 1. The number of hydrogen-bond acceptors (Lipinski definition) is 10. The van der Waals surface area contributed by atoms with Crippen LogP contribution in [0.25, 0.3) is 0 Å². The monoisotopic (exact) mass is 485 g/mol. The minimum Gasteiger partial charge on any atom is -0.365 e. The van der Waals surface area contributed by atoms with Gasteiger partial charge in [0.2, 0.25) is 11.1 Å². The zero-order valence-electron chi connectivity index (χ0n) is 20.0. The lowest BCUT2D eigenvalue weighted by atomic mass is 9.84. The summed E-state index contributed by atoms with van der Waals surface area (Å²) in [5.41, 5.74) is 8.72. The third-order valence-electron chi connectivity index (χ3n) is 6.94. The predicted octanol–water partition coefficient (Wildman–Crippen LogP) is 3.95. The Morgan fingerprint density at radius 3 is 2.97 bits per heavy atom. The van der Waals surface area contributed by atoms with E-state index in [2.05, 4.69) is 55.5 Å². The summed E-state index contributed by atoms with van der Waals surface area (Å²) in [5.74, 6) is 0.164. The van der Waals surface area contributed by atoms with Gasteiger partial charge < -0.3 is 10.6 Å². The number of piperidine rings is 1. The number of hydrazine groups is 2. The third-order valence-corrected chi connectivity index (χ3v) is 7.57. The number of hydrazone groups is 1. The molecule has 34 heavy (non-hydrogen) atoms. The van der Waals surface area contributed by atoms with Gasteiger partial charge >= 0.3 is 0 Å². The Hall–Kier alpha value is -2.63. The van der Waals surface area contributed by atoms with Crippen LogP contribution in [0.15, 0.2) is 29.5 Å². The van der Waals surface area contributed by atoms with Gasteiger partial charge in [-0.2, -0.15) is 4.98 Å². The molecule has 3 aliphatic rings. The molecule has 1 aromatic carbocycles. The minimum atomic E-state index is -0.435. The topological polar surface area (TPSA) is 92.7 Å². The van der Waals surface area contributed by atoms with Gasteiger partial charge in [-0.3, -0.25) is 4.90 Å². The lowest BCUT2D eigenvalue weighted by molar-refractivity contribution is 0.0500. The molecule has 5 rings (SSSR count). The van der Waals surface area contributed by atoms with Crippen LogP contribution in [0.1, 0.15) is 45.1 Å². The van der Waals surface area contributed by atoms with Crippen LogP contribution in [0.5, 0.6) is 0 Å². The number of benzene rings is 1. The highest BCUT2D eigenvalue weighted by molar-refractivity contribution is 8.13. The second kappa shape index (κ2) is 9.20. The normalized spacial score (nSPS) is 23.9. The fourth-order valence-corrected chi connectivity index (χ4v) is 5.88. The van der Waals surface area contributed by atoms with E-state index in [1.165, 1.54) is 30.8 Å². The molecule has 0 amide bonds. The van der Waals surface area contributed by atoms with Gasteiger partial charge in [0.1, 0.15) is 0 Å². The first kappa shape index (κ1) is 23.1. The zero-order chi connectivity index (χ0) is 23.9. The van der Waals surface area contributed by atoms with Crippen molar-refractivity contribution in [3.8, 4) is 0 Å². The van der Waals surface area contributed by atoms with E-state index in [4.69, 9.17) is 0 Å². The van der Waals surface area contributed by atoms with Crippen molar-refractivity contribution in [2.75, 3.05) is 28.4 Å². The molecule has 0 spiro atoms. The summed E-state index contributed by atoms with van der Waals surface area (Å²) in [6.07, 6.45) is 7.60. The number of nitrogens with one attached hydrogen (secondary N) is 4. The molecule has 2 fully saturated rings. The fourth-order valence-electron chi connectivity index (χ4n) is 5.42. The SMILES string of the molecule is CSC1=NNNN1c1cc(Nc2ncc(F)c(N[C@@H]3C[C@@H]4CCCN4C(C)(C)C3)n2)ccc1C. The number of rotatable bonds is 5. The molecule has 4 N–H and O–H groups in total. The summed E-state index contributed by atoms with van der Waals surface area (Å²) in [4.78, 5) is 11.3. The van der Waals surface area contributed by atoms with Crippen LogP contribution in [0.3, 0.4) is 0 Å². The quantitative estimate of drug-likeness (QED) is 0.502. The summed E-state index contributed by atoms with van der Waals surface area (Å²) < 4.78 is 14.7. The molecular weight excluding hydrogens is 453 g/mol. The van der Waals surface area contributed by atoms with Crippen LogP contribution in [0.2, 0.25) is 0 Å². The van der Waals surface area contributed by atoms with E-state index in [9.17, 15) is 4.39 Å². The second-order valence-corrected chi connectivity index (χ2v) is 10.5. The molecule has 1 aromatic heterocycles. The standard InChI is InChI=1S/C23H32FN9S/c1-14-7-8-15(11-19(14)33-22(34-4)29-30-31-33)27-21-25-13-18(24)20(28-21)26-16-10-17-6-5-9-32(17)23(2,3)12-16/h7-8,11,13,16-17,30-31H,5-6,9-10,12H2,1-4H3,(H2,25,26,27,28)/t16-,17+/m1/s1. The van der Waals surface area contributed by atoms with E-state index in [0.717, 1.165) is 41.5 Å². The van der Waals surface area contributed by atoms with Crippen molar-refractivity contribution in [2.24, 2.45) is 5.10 Å². The Labute approximate surface area is 203 Å². The highest BCUT2D eigenvalue weighted by Gasteiger charge is 2.43. The van der Waals surface area contributed by atoms with Crippen LogP contribution < -0.4 is 26.7 Å². The van der Waals surface area contributed by atoms with Crippen molar-refractivity contribution in [2.45, 2.75) is 64.1 Å². The van der Waals surface area contributed by atoms with Crippen LogP contribution in [-0.2, 0) is 0 Å². The molecule has 9 nitrogen and oxygen atoms in total. The Bertz CT molecular complexity index is 1090. The van der Waals surface area contributed by atoms with Crippen LogP contribution >= 0.6 is 11.8 Å². The van der Waals surface area contributed by atoms with E-state index in [1.807, 2.05) is 36.4 Å².